The summed E-state index contributed by atoms with van der Waals surface area (Å²) in [7, 11) is 0. The predicted molar refractivity (Wildman–Crippen MR) is 368 cm³/mol. The summed E-state index contributed by atoms with van der Waals surface area (Å²) < 4.78 is 0. The quantitative estimate of drug-likeness (QED) is 0.0153. The van der Waals surface area contributed by atoms with Gasteiger partial charge in [-0.05, 0) is 142 Å². The highest BCUT2D eigenvalue weighted by Crippen LogP contribution is 2.13. The molecule has 37 heteroatoms. The Labute approximate surface area is 579 Å². The van der Waals surface area contributed by atoms with E-state index in [1.165, 1.54) is 20.8 Å². The maximum atomic E-state index is 14.4. The van der Waals surface area contributed by atoms with Gasteiger partial charge in [0, 0.05) is 13.0 Å². The molecule has 12 unspecified atom stereocenters. The third-order valence-electron chi connectivity index (χ3n) is 15.0. The molecule has 0 aliphatic heterocycles. The third kappa shape index (κ3) is 39.4. The highest BCUT2D eigenvalue weighted by Gasteiger charge is 2.36. The van der Waals surface area contributed by atoms with Crippen molar-refractivity contribution in [2.45, 2.75) is 245 Å². The van der Waals surface area contributed by atoms with Crippen LogP contribution in [0.15, 0.2) is 4.99 Å². The van der Waals surface area contributed by atoms with Gasteiger partial charge in [-0.1, -0.05) is 55.4 Å². The van der Waals surface area contributed by atoms with Gasteiger partial charge >= 0.3 is 5.97 Å². The lowest BCUT2D eigenvalue weighted by Gasteiger charge is -2.28. The Hall–Kier alpha value is -8.84. The van der Waals surface area contributed by atoms with Crippen LogP contribution in [0.3, 0.4) is 0 Å². The molecule has 14 amide bonds. The summed E-state index contributed by atoms with van der Waals surface area (Å²) in [5.41, 5.74) is 45.2. The van der Waals surface area contributed by atoms with Crippen LogP contribution in [0.2, 0.25) is 0 Å². The summed E-state index contributed by atoms with van der Waals surface area (Å²) in [6.07, 6.45) is 1.34. The first-order valence-corrected chi connectivity index (χ1v) is 33.2. The largest absolute Gasteiger partial charge is 0.480 e. The first-order valence-electron chi connectivity index (χ1n) is 33.2. The summed E-state index contributed by atoms with van der Waals surface area (Å²) in [5, 5.41) is 39.0. The van der Waals surface area contributed by atoms with Gasteiger partial charge < -0.3 is 115 Å². The summed E-state index contributed by atoms with van der Waals surface area (Å²) in [5.74, 6) is -15.4. The zero-order chi connectivity index (χ0) is 74.9. The highest BCUT2D eigenvalue weighted by molar-refractivity contribution is 6.00. The summed E-state index contributed by atoms with van der Waals surface area (Å²) in [6, 6.07) is -16.3. The maximum absolute atomic E-state index is 14.4. The van der Waals surface area contributed by atoms with E-state index in [1.54, 1.807) is 41.5 Å². The molecular weight excluding hydrogens is 1290 g/mol. The molecule has 12 atom stereocenters. The highest BCUT2D eigenvalue weighted by atomic mass is 16.4. The molecule has 0 spiro atoms. The number of nitrogens with zero attached hydrogens (tertiary/aromatic N) is 1. The normalized spacial score (nSPS) is 14.7. The van der Waals surface area contributed by atoms with Crippen LogP contribution >= 0.6 is 0 Å². The van der Waals surface area contributed by atoms with E-state index < -0.39 is 193 Å². The number of hydrogen-bond acceptors (Lipinski definition) is 20. The number of nitrogens with one attached hydrogen (secondary N) is 12. The van der Waals surface area contributed by atoms with Crippen molar-refractivity contribution in [3.8, 4) is 0 Å². The Morgan fingerprint density at radius 1 is 0.384 bits per heavy atom. The van der Waals surface area contributed by atoms with Crippen LogP contribution in [0, 0.1) is 17.8 Å². The minimum absolute atomic E-state index is 0. The molecule has 0 aromatic carbocycles. The van der Waals surface area contributed by atoms with Crippen molar-refractivity contribution in [2.24, 2.45) is 68.6 Å². The van der Waals surface area contributed by atoms with Crippen molar-refractivity contribution in [3.05, 3.63) is 0 Å². The van der Waals surface area contributed by atoms with Crippen LogP contribution in [0.5, 0.6) is 0 Å². The third-order valence-corrected chi connectivity index (χ3v) is 15.0. The van der Waals surface area contributed by atoms with Gasteiger partial charge in [0.05, 0.1) is 19.0 Å². The van der Waals surface area contributed by atoms with E-state index >= 15 is 0 Å². The number of nitrogens with two attached hydrogens (primary N) is 8. The van der Waals surface area contributed by atoms with Gasteiger partial charge in [0.1, 0.15) is 66.5 Å². The van der Waals surface area contributed by atoms with E-state index in [2.05, 4.69) is 68.8 Å². The molecule has 0 bridgehead atoms. The fraction of sp³-hybridized carbons (Fsp3) is 0.742. The minimum atomic E-state index is -1.83. The second-order valence-electron chi connectivity index (χ2n) is 25.3. The van der Waals surface area contributed by atoms with Crippen molar-refractivity contribution < 1.29 is 77.0 Å². The molecular formula is C62H117N21O16. The predicted octanol–water partition coefficient (Wildman–Crippen LogP) is -6.13. The van der Waals surface area contributed by atoms with Crippen molar-refractivity contribution in [1.29, 1.82) is 0 Å². The van der Waals surface area contributed by atoms with E-state index in [1.807, 2.05) is 0 Å². The Morgan fingerprint density at radius 2 is 0.747 bits per heavy atom. The smallest absolute Gasteiger partial charge is 0.325 e. The van der Waals surface area contributed by atoms with Crippen LogP contribution in [-0.2, 0) is 71.9 Å². The van der Waals surface area contributed by atoms with Crippen molar-refractivity contribution in [2.75, 3.05) is 32.7 Å². The molecule has 0 aliphatic carbocycles. The molecule has 0 fully saturated rings. The lowest BCUT2D eigenvalue weighted by molar-refractivity contribution is -0.141. The number of carboxylic acids is 1. The topological polar surface area (TPSA) is 641 Å². The van der Waals surface area contributed by atoms with Crippen molar-refractivity contribution in [3.63, 3.8) is 0 Å². The van der Waals surface area contributed by atoms with Gasteiger partial charge in [0.2, 0.25) is 82.7 Å². The van der Waals surface area contributed by atoms with E-state index in [0.29, 0.717) is 58.0 Å². The Balaban J connectivity index is 0. The molecule has 37 nitrogen and oxygen atoms in total. The zero-order valence-electron chi connectivity index (χ0n) is 58.1. The molecule has 99 heavy (non-hydrogen) atoms. The molecule has 0 saturated carbocycles. The molecule has 0 saturated heterocycles. The van der Waals surface area contributed by atoms with Gasteiger partial charge in [-0.15, -0.1) is 0 Å². The van der Waals surface area contributed by atoms with E-state index in [-0.39, 0.29) is 76.8 Å². The standard InChI is InChI=1S/C61H113N21O16.CH4/c1-31(2)27-42(52(89)71-30-47(85)82-48(33(5)6)59(96)73-34(7)49(86)74-36(9)60(97)98)80-56(93)41(21-22-45(66)83)78-55(92)40(20-16-26-70-61(68)69)77-58(95)44(29-46(67)84)81-57(94)43(28-32(3)4)79-50(87)35(8)72-53(90)38(18-11-14-24-63)76-54(91)39(19-12-15-25-64)75-51(88)37(65)17-10-13-23-62;/h31-44,48H,10-30,62-65H2,1-9H3,(H2,66,83)(H2,67,84)(H,71,89)(H,72,90)(H,73,96)(H,74,86)(H,75,88)(H,76,91)(H,77,95)(H,78,92)(H,79,87)(H,80,93)(H,81,94)(H,82,85)(H,97,98)(H4,68,69,70);1H4. The number of primary amides is 2. The molecule has 29 N–H and O–H groups in total. The zero-order valence-corrected chi connectivity index (χ0v) is 58.1. The minimum Gasteiger partial charge on any atom is -0.480 e. The number of unbranched alkanes of at least 4 members (excludes halogenated alkanes) is 3. The van der Waals surface area contributed by atoms with Gasteiger partial charge in [-0.3, -0.25) is 76.9 Å². The van der Waals surface area contributed by atoms with Crippen LogP contribution in [0.25, 0.3) is 0 Å². The number of carboxylic acid groups (broad SMARTS) is 1. The summed E-state index contributed by atoms with van der Waals surface area (Å²) in [4.78, 5) is 204. The van der Waals surface area contributed by atoms with E-state index in [0.717, 1.165) is 0 Å². The fourth-order valence-corrected chi connectivity index (χ4v) is 9.44. The maximum Gasteiger partial charge on any atom is 0.325 e. The second-order valence-corrected chi connectivity index (χ2v) is 25.3. The SMILES string of the molecule is C.CC(C)CC(NC(=O)C(C)NC(=O)C(CCCCN)NC(=O)C(CCCCN)NC(=O)C(N)CCCCN)C(=O)NC(CC(N)=O)C(=O)NC(CCCN=C(N)N)C(=O)NC(CCC(N)=O)C(=O)NC(CC(C)C)C(=O)NCC(=O)NC(C(=O)NC(C)C(=O)NC(C)C(=O)O)C(C)C. The number of amides is 14. The van der Waals surface area contributed by atoms with E-state index in [9.17, 15) is 71.9 Å². The molecule has 0 aromatic rings. The average molecular weight is 1410 g/mol. The Kier molecular flexibility index (Phi) is 46.2. The van der Waals surface area contributed by atoms with Crippen LogP contribution in [0.1, 0.15) is 172 Å². The number of carbonyl (C=O) groups is 15. The molecule has 0 radical (unpaired) electrons. The van der Waals surface area contributed by atoms with Gasteiger partial charge in [0.25, 0.3) is 0 Å². The van der Waals surface area contributed by atoms with Crippen molar-refractivity contribution in [1.82, 2.24) is 63.8 Å². The summed E-state index contributed by atoms with van der Waals surface area (Å²) in [6.45, 7) is 14.0. The molecule has 566 valence electrons. The average Bonchev–Trinajstić information content (AvgIpc) is 0.960. The first kappa shape index (κ1) is 92.2. The van der Waals surface area contributed by atoms with Crippen LogP contribution in [-0.4, -0.2) is 205 Å². The molecule has 0 aliphatic rings. The van der Waals surface area contributed by atoms with Crippen molar-refractivity contribution >= 4 is 94.6 Å². The Bertz CT molecular complexity index is 2680. The van der Waals surface area contributed by atoms with Gasteiger partial charge in [-0.25, -0.2) is 0 Å². The van der Waals surface area contributed by atoms with Crippen LogP contribution in [0.4, 0.5) is 0 Å². The Morgan fingerprint density at radius 3 is 1.18 bits per heavy atom. The number of guanidine groups is 1. The molecule has 0 rings (SSSR count). The monoisotopic (exact) mass is 1410 g/mol. The molecule has 0 heterocycles. The fourth-order valence-electron chi connectivity index (χ4n) is 9.44. The number of hydrogen-bond donors (Lipinski definition) is 21. The van der Waals surface area contributed by atoms with Gasteiger partial charge in [0.15, 0.2) is 5.96 Å². The lowest BCUT2D eigenvalue weighted by Crippen LogP contribution is -2.60. The summed E-state index contributed by atoms with van der Waals surface area (Å²) >= 11 is 0. The number of aliphatic carboxylic acids is 1. The number of rotatable bonds is 51. The van der Waals surface area contributed by atoms with Crippen LogP contribution < -0.4 is 110 Å². The lowest BCUT2D eigenvalue weighted by atomic mass is 10.0. The first-order chi connectivity index (χ1) is 45.9. The molecule has 0 aromatic heterocycles. The second kappa shape index (κ2) is 49.6. The van der Waals surface area contributed by atoms with Gasteiger partial charge in [-0.2, -0.15) is 0 Å². The number of carbonyl (C=O) groups excluding carboxylic acids is 14. The number of aliphatic imine (C=N–C) groups is 1. The van der Waals surface area contributed by atoms with E-state index in [4.69, 9.17) is 51.0 Å².